The summed E-state index contributed by atoms with van der Waals surface area (Å²) in [6.07, 6.45) is 1.61. The smallest absolute Gasteiger partial charge is 0.249 e. The molecule has 0 aliphatic carbocycles. The number of thiophene rings is 1. The van der Waals surface area contributed by atoms with Crippen molar-refractivity contribution in [3.8, 4) is 0 Å². The number of carbonyl (C=O) groups is 1. The molecule has 2 atom stereocenters. The van der Waals surface area contributed by atoms with Crippen LogP contribution in [0.25, 0.3) is 0 Å². The molecular weight excluding hydrogens is 210 g/mol. The van der Waals surface area contributed by atoms with Crippen LogP contribution < -0.4 is 5.32 Å². The Balaban J connectivity index is 1.88. The van der Waals surface area contributed by atoms with E-state index >= 15 is 0 Å². The lowest BCUT2D eigenvalue weighted by molar-refractivity contribution is -0.130. The van der Waals surface area contributed by atoms with Gasteiger partial charge in [-0.25, -0.2) is 0 Å². The van der Waals surface area contributed by atoms with E-state index in [1.807, 2.05) is 24.4 Å². The highest BCUT2D eigenvalue weighted by Crippen LogP contribution is 2.19. The molecule has 1 aromatic rings. The standard InChI is InChI=1S/C11H15NO2S/c1-8(10-5-3-7-15-10)12-11(13)9-4-2-6-14-9/h3,5,7-9H,2,4,6H2,1H3,(H,12,13)/t8-,9-/m1/s1. The van der Waals surface area contributed by atoms with Gasteiger partial charge in [0.25, 0.3) is 0 Å². The highest BCUT2D eigenvalue weighted by Gasteiger charge is 2.24. The van der Waals surface area contributed by atoms with Crippen molar-refractivity contribution in [1.29, 1.82) is 0 Å². The molecule has 0 radical (unpaired) electrons. The summed E-state index contributed by atoms with van der Waals surface area (Å²) < 4.78 is 5.32. The van der Waals surface area contributed by atoms with Gasteiger partial charge in [-0.3, -0.25) is 4.79 Å². The van der Waals surface area contributed by atoms with E-state index in [4.69, 9.17) is 4.74 Å². The number of nitrogens with one attached hydrogen (secondary N) is 1. The van der Waals surface area contributed by atoms with E-state index in [0.717, 1.165) is 12.8 Å². The van der Waals surface area contributed by atoms with Gasteiger partial charge in [-0.05, 0) is 31.2 Å². The molecule has 82 valence electrons. The second kappa shape index (κ2) is 4.77. The molecule has 4 heteroatoms. The molecule has 0 spiro atoms. The van der Waals surface area contributed by atoms with Crippen LogP contribution >= 0.6 is 11.3 Å². The van der Waals surface area contributed by atoms with Gasteiger partial charge in [0.15, 0.2) is 0 Å². The Morgan fingerprint density at radius 1 is 1.73 bits per heavy atom. The maximum atomic E-state index is 11.7. The highest BCUT2D eigenvalue weighted by molar-refractivity contribution is 7.10. The lowest BCUT2D eigenvalue weighted by atomic mass is 10.2. The van der Waals surface area contributed by atoms with Gasteiger partial charge >= 0.3 is 0 Å². The Morgan fingerprint density at radius 2 is 2.60 bits per heavy atom. The SMILES string of the molecule is C[C@@H](NC(=O)[C@H]1CCCO1)c1cccs1. The molecule has 3 nitrogen and oxygen atoms in total. The van der Waals surface area contributed by atoms with Crippen molar-refractivity contribution in [2.45, 2.75) is 31.9 Å². The van der Waals surface area contributed by atoms with E-state index < -0.39 is 0 Å². The zero-order valence-corrected chi connectivity index (χ0v) is 9.55. The molecule has 2 rings (SSSR count). The van der Waals surface area contributed by atoms with Crippen LogP contribution in [-0.2, 0) is 9.53 Å². The van der Waals surface area contributed by atoms with Crippen LogP contribution in [0.3, 0.4) is 0 Å². The summed E-state index contributed by atoms with van der Waals surface area (Å²) in [7, 11) is 0. The van der Waals surface area contributed by atoms with Crippen LogP contribution in [0.5, 0.6) is 0 Å². The minimum Gasteiger partial charge on any atom is -0.368 e. The summed E-state index contributed by atoms with van der Waals surface area (Å²) in [6, 6.07) is 4.11. The van der Waals surface area contributed by atoms with Gasteiger partial charge in [-0.1, -0.05) is 6.07 Å². The van der Waals surface area contributed by atoms with Crippen LogP contribution in [0.15, 0.2) is 17.5 Å². The summed E-state index contributed by atoms with van der Waals surface area (Å²) in [5, 5.41) is 4.99. The number of rotatable bonds is 3. The zero-order valence-electron chi connectivity index (χ0n) is 8.73. The van der Waals surface area contributed by atoms with E-state index in [1.54, 1.807) is 11.3 Å². The van der Waals surface area contributed by atoms with E-state index in [2.05, 4.69) is 5.32 Å². The lowest BCUT2D eigenvalue weighted by Gasteiger charge is -2.15. The normalized spacial score (nSPS) is 22.6. The second-order valence-electron chi connectivity index (χ2n) is 3.75. The molecule has 0 saturated carbocycles. The molecular formula is C11H15NO2S. The van der Waals surface area contributed by atoms with Gasteiger partial charge in [0.05, 0.1) is 6.04 Å². The molecule has 1 aromatic heterocycles. The monoisotopic (exact) mass is 225 g/mol. The lowest BCUT2D eigenvalue weighted by Crippen LogP contribution is -2.35. The van der Waals surface area contributed by atoms with E-state index in [1.165, 1.54) is 4.88 Å². The van der Waals surface area contributed by atoms with Gasteiger partial charge < -0.3 is 10.1 Å². The van der Waals surface area contributed by atoms with Crippen molar-refractivity contribution in [3.05, 3.63) is 22.4 Å². The van der Waals surface area contributed by atoms with Crippen LogP contribution in [0.1, 0.15) is 30.7 Å². The van der Waals surface area contributed by atoms with Crippen molar-refractivity contribution in [2.75, 3.05) is 6.61 Å². The van der Waals surface area contributed by atoms with E-state index in [9.17, 15) is 4.79 Å². The van der Waals surface area contributed by atoms with Crippen molar-refractivity contribution in [3.63, 3.8) is 0 Å². The molecule has 0 aromatic carbocycles. The number of amides is 1. The van der Waals surface area contributed by atoms with Crippen molar-refractivity contribution in [1.82, 2.24) is 5.32 Å². The van der Waals surface area contributed by atoms with Crippen LogP contribution in [-0.4, -0.2) is 18.6 Å². The Hall–Kier alpha value is -0.870. The highest BCUT2D eigenvalue weighted by atomic mass is 32.1. The molecule has 1 aliphatic heterocycles. The van der Waals surface area contributed by atoms with Crippen LogP contribution in [0.2, 0.25) is 0 Å². The molecule has 1 saturated heterocycles. The quantitative estimate of drug-likeness (QED) is 0.855. The maximum Gasteiger partial charge on any atom is 0.249 e. The number of ether oxygens (including phenoxy) is 1. The first-order chi connectivity index (χ1) is 7.27. The number of hydrogen-bond acceptors (Lipinski definition) is 3. The number of carbonyl (C=O) groups excluding carboxylic acids is 1. The van der Waals surface area contributed by atoms with E-state index in [-0.39, 0.29) is 18.1 Å². The van der Waals surface area contributed by atoms with Crippen molar-refractivity contribution < 1.29 is 9.53 Å². The largest absolute Gasteiger partial charge is 0.368 e. The van der Waals surface area contributed by atoms with Crippen molar-refractivity contribution >= 4 is 17.2 Å². The third-order valence-electron chi connectivity index (χ3n) is 2.55. The van der Waals surface area contributed by atoms with Gasteiger partial charge in [0.1, 0.15) is 6.10 Å². The van der Waals surface area contributed by atoms with Crippen LogP contribution in [0, 0.1) is 0 Å². The van der Waals surface area contributed by atoms with Gasteiger partial charge in [0, 0.05) is 11.5 Å². The summed E-state index contributed by atoms with van der Waals surface area (Å²) in [4.78, 5) is 12.9. The molecule has 15 heavy (non-hydrogen) atoms. The summed E-state index contributed by atoms with van der Waals surface area (Å²) in [5.74, 6) is 0.0217. The topological polar surface area (TPSA) is 38.3 Å². The van der Waals surface area contributed by atoms with Crippen LogP contribution in [0.4, 0.5) is 0 Å². The summed E-state index contributed by atoms with van der Waals surface area (Å²) >= 11 is 1.66. The summed E-state index contributed by atoms with van der Waals surface area (Å²) in [6.45, 7) is 2.71. The van der Waals surface area contributed by atoms with Gasteiger partial charge in [0.2, 0.25) is 5.91 Å². The average Bonchev–Trinajstić information content (AvgIpc) is 2.91. The molecule has 1 aliphatic rings. The first-order valence-electron chi connectivity index (χ1n) is 5.23. The predicted octanol–water partition coefficient (Wildman–Crippen LogP) is 2.10. The van der Waals surface area contributed by atoms with E-state index in [0.29, 0.717) is 6.61 Å². The minimum atomic E-state index is -0.229. The Kier molecular flexibility index (Phi) is 3.38. The minimum absolute atomic E-state index is 0.0217. The second-order valence-corrected chi connectivity index (χ2v) is 4.73. The fourth-order valence-electron chi connectivity index (χ4n) is 1.70. The first kappa shape index (κ1) is 10.6. The third-order valence-corrected chi connectivity index (χ3v) is 3.61. The fourth-order valence-corrected chi connectivity index (χ4v) is 2.43. The Labute approximate surface area is 93.4 Å². The molecule has 1 fully saturated rings. The summed E-state index contributed by atoms with van der Waals surface area (Å²) in [5.41, 5.74) is 0. The Bertz CT molecular complexity index is 317. The Morgan fingerprint density at radius 3 is 3.20 bits per heavy atom. The first-order valence-corrected chi connectivity index (χ1v) is 6.10. The molecule has 0 bridgehead atoms. The fraction of sp³-hybridized carbons (Fsp3) is 0.545. The average molecular weight is 225 g/mol. The molecule has 1 amide bonds. The van der Waals surface area contributed by atoms with Crippen molar-refractivity contribution in [2.24, 2.45) is 0 Å². The van der Waals surface area contributed by atoms with Gasteiger partial charge in [-0.15, -0.1) is 11.3 Å². The predicted molar refractivity (Wildman–Crippen MR) is 59.9 cm³/mol. The molecule has 2 heterocycles. The number of hydrogen-bond donors (Lipinski definition) is 1. The molecule has 1 N–H and O–H groups in total. The molecule has 0 unspecified atom stereocenters. The third kappa shape index (κ3) is 2.58. The van der Waals surface area contributed by atoms with Gasteiger partial charge in [-0.2, -0.15) is 0 Å². The maximum absolute atomic E-state index is 11.7. The zero-order chi connectivity index (χ0) is 10.7.